The molecule has 6 heteroatoms. The zero-order chi connectivity index (χ0) is 15.9. The summed E-state index contributed by atoms with van der Waals surface area (Å²) >= 11 is 0. The van der Waals surface area contributed by atoms with Crippen LogP contribution >= 0.6 is 0 Å². The van der Waals surface area contributed by atoms with Crippen LogP contribution in [0.3, 0.4) is 0 Å². The summed E-state index contributed by atoms with van der Waals surface area (Å²) in [6, 6.07) is 7.34. The summed E-state index contributed by atoms with van der Waals surface area (Å²) in [4.78, 5) is 0. The van der Waals surface area contributed by atoms with Gasteiger partial charge < -0.3 is 10.5 Å². The second-order valence-corrected chi connectivity index (χ2v) is 7.82. The summed E-state index contributed by atoms with van der Waals surface area (Å²) in [6.45, 7) is 5.46. The zero-order valence-corrected chi connectivity index (χ0v) is 13.9. The summed E-state index contributed by atoms with van der Waals surface area (Å²) in [5.41, 5.74) is 7.11. The normalized spacial score (nSPS) is 12.6. The van der Waals surface area contributed by atoms with Crippen molar-refractivity contribution in [3.63, 3.8) is 0 Å². The predicted octanol–water partition coefficient (Wildman–Crippen LogP) is 1.63. The van der Waals surface area contributed by atoms with E-state index in [0.29, 0.717) is 19.7 Å². The Labute approximate surface area is 127 Å². The molecule has 0 amide bonds. The maximum atomic E-state index is 12.1. The molecule has 0 radical (unpaired) electrons. The fraction of sp³-hybridized carbons (Fsp3) is 0.600. The SMILES string of the molecule is COCCC(C)(C)CNS(=O)(=O)Cc1cccc(CN)c1. The number of benzene rings is 1. The highest BCUT2D eigenvalue weighted by Gasteiger charge is 2.21. The van der Waals surface area contributed by atoms with Crippen LogP contribution in [0.5, 0.6) is 0 Å². The molecule has 21 heavy (non-hydrogen) atoms. The molecule has 1 aromatic carbocycles. The smallest absolute Gasteiger partial charge is 0.215 e. The predicted molar refractivity (Wildman–Crippen MR) is 85.2 cm³/mol. The van der Waals surface area contributed by atoms with E-state index in [1.165, 1.54) is 0 Å². The number of nitrogens with one attached hydrogen (secondary N) is 1. The Balaban J connectivity index is 2.61. The van der Waals surface area contributed by atoms with E-state index in [9.17, 15) is 8.42 Å². The molecule has 0 aliphatic carbocycles. The molecule has 3 N–H and O–H groups in total. The van der Waals surface area contributed by atoms with Crippen LogP contribution in [0.4, 0.5) is 0 Å². The maximum Gasteiger partial charge on any atom is 0.215 e. The number of hydrogen-bond donors (Lipinski definition) is 2. The summed E-state index contributed by atoms with van der Waals surface area (Å²) in [5.74, 6) is -0.0266. The molecule has 0 aliphatic rings. The highest BCUT2D eigenvalue weighted by Crippen LogP contribution is 2.19. The first kappa shape index (κ1) is 18.1. The van der Waals surface area contributed by atoms with Crippen molar-refractivity contribution in [1.82, 2.24) is 4.72 Å². The van der Waals surface area contributed by atoms with Gasteiger partial charge in [0.15, 0.2) is 0 Å². The molecule has 1 rings (SSSR count). The van der Waals surface area contributed by atoms with Crippen LogP contribution in [-0.2, 0) is 27.1 Å². The van der Waals surface area contributed by atoms with Crippen LogP contribution in [0.2, 0.25) is 0 Å². The molecule has 5 nitrogen and oxygen atoms in total. The van der Waals surface area contributed by atoms with E-state index in [2.05, 4.69) is 4.72 Å². The number of sulfonamides is 1. The topological polar surface area (TPSA) is 81.4 Å². The Morgan fingerprint density at radius 2 is 1.95 bits per heavy atom. The van der Waals surface area contributed by atoms with Gasteiger partial charge in [0.1, 0.15) is 0 Å². The summed E-state index contributed by atoms with van der Waals surface area (Å²) in [6.07, 6.45) is 0.800. The van der Waals surface area contributed by atoms with Gasteiger partial charge in [-0.2, -0.15) is 0 Å². The number of methoxy groups -OCH3 is 1. The Morgan fingerprint density at radius 1 is 1.29 bits per heavy atom. The van der Waals surface area contributed by atoms with E-state index >= 15 is 0 Å². The first-order valence-electron chi connectivity index (χ1n) is 7.02. The Bertz CT molecular complexity index is 542. The summed E-state index contributed by atoms with van der Waals surface area (Å²) in [5, 5.41) is 0. The van der Waals surface area contributed by atoms with Gasteiger partial charge in [-0.25, -0.2) is 13.1 Å². The lowest BCUT2D eigenvalue weighted by Crippen LogP contribution is -2.35. The summed E-state index contributed by atoms with van der Waals surface area (Å²) < 4.78 is 32.0. The number of hydrogen-bond acceptors (Lipinski definition) is 4. The minimum atomic E-state index is -3.35. The van der Waals surface area contributed by atoms with Crippen LogP contribution in [0, 0.1) is 5.41 Å². The third kappa shape index (κ3) is 7.04. The molecular formula is C15H26N2O3S. The molecule has 0 heterocycles. The lowest BCUT2D eigenvalue weighted by Gasteiger charge is -2.24. The van der Waals surface area contributed by atoms with Crippen molar-refractivity contribution in [3.05, 3.63) is 35.4 Å². The Hall–Kier alpha value is -0.950. The van der Waals surface area contributed by atoms with Gasteiger partial charge in [0, 0.05) is 26.8 Å². The van der Waals surface area contributed by atoms with E-state index in [0.717, 1.165) is 17.5 Å². The molecule has 0 saturated carbocycles. The van der Waals surface area contributed by atoms with E-state index < -0.39 is 10.0 Å². The standard InChI is InChI=1S/C15H26N2O3S/c1-15(2,7-8-20-3)12-17-21(18,19)11-14-6-4-5-13(9-14)10-16/h4-6,9,17H,7-8,10-12,16H2,1-3H3. The van der Waals surface area contributed by atoms with Crippen molar-refractivity contribution in [1.29, 1.82) is 0 Å². The second kappa shape index (κ2) is 7.89. The van der Waals surface area contributed by atoms with Crippen molar-refractivity contribution < 1.29 is 13.2 Å². The van der Waals surface area contributed by atoms with Crippen LogP contribution in [0.25, 0.3) is 0 Å². The second-order valence-electron chi connectivity index (χ2n) is 6.01. The molecule has 120 valence electrons. The van der Waals surface area contributed by atoms with Crippen molar-refractivity contribution in [2.45, 2.75) is 32.6 Å². The minimum absolute atomic E-state index is 0.0266. The zero-order valence-electron chi connectivity index (χ0n) is 13.1. The highest BCUT2D eigenvalue weighted by atomic mass is 32.2. The molecule has 0 unspecified atom stereocenters. The van der Waals surface area contributed by atoms with Crippen molar-refractivity contribution in [3.8, 4) is 0 Å². The third-order valence-electron chi connectivity index (χ3n) is 3.34. The molecule has 0 bridgehead atoms. The highest BCUT2D eigenvalue weighted by molar-refractivity contribution is 7.88. The molecule has 0 fully saturated rings. The van der Waals surface area contributed by atoms with Gasteiger partial charge in [-0.3, -0.25) is 0 Å². The van der Waals surface area contributed by atoms with Crippen LogP contribution in [0.1, 0.15) is 31.4 Å². The van der Waals surface area contributed by atoms with Gasteiger partial charge in [0.05, 0.1) is 5.75 Å². The average molecular weight is 314 g/mol. The van der Waals surface area contributed by atoms with E-state index in [-0.39, 0.29) is 11.2 Å². The minimum Gasteiger partial charge on any atom is -0.385 e. The largest absolute Gasteiger partial charge is 0.385 e. The van der Waals surface area contributed by atoms with E-state index in [1.807, 2.05) is 32.0 Å². The number of rotatable bonds is 9. The van der Waals surface area contributed by atoms with Crippen molar-refractivity contribution in [2.24, 2.45) is 11.1 Å². The number of ether oxygens (including phenoxy) is 1. The third-order valence-corrected chi connectivity index (χ3v) is 4.63. The Morgan fingerprint density at radius 3 is 2.57 bits per heavy atom. The molecule has 0 aliphatic heterocycles. The Kier molecular flexibility index (Phi) is 6.80. The van der Waals surface area contributed by atoms with Gasteiger partial charge in [-0.1, -0.05) is 38.1 Å². The fourth-order valence-corrected chi connectivity index (χ4v) is 3.22. The van der Waals surface area contributed by atoms with Crippen molar-refractivity contribution >= 4 is 10.0 Å². The first-order valence-corrected chi connectivity index (χ1v) is 8.67. The maximum absolute atomic E-state index is 12.1. The van der Waals surface area contributed by atoms with Gasteiger partial charge in [-0.15, -0.1) is 0 Å². The first-order chi connectivity index (χ1) is 9.78. The van der Waals surface area contributed by atoms with E-state index in [1.54, 1.807) is 13.2 Å². The van der Waals surface area contributed by atoms with Gasteiger partial charge >= 0.3 is 0 Å². The lowest BCUT2D eigenvalue weighted by atomic mass is 9.90. The lowest BCUT2D eigenvalue weighted by molar-refractivity contribution is 0.153. The molecule has 0 saturated heterocycles. The van der Waals surface area contributed by atoms with Crippen LogP contribution in [-0.4, -0.2) is 28.7 Å². The van der Waals surface area contributed by atoms with Crippen LogP contribution in [0.15, 0.2) is 24.3 Å². The molecule has 0 aromatic heterocycles. The van der Waals surface area contributed by atoms with Gasteiger partial charge in [0.2, 0.25) is 10.0 Å². The monoisotopic (exact) mass is 314 g/mol. The quantitative estimate of drug-likeness (QED) is 0.726. The molecule has 0 spiro atoms. The average Bonchev–Trinajstić information content (AvgIpc) is 2.43. The number of nitrogens with two attached hydrogens (primary N) is 1. The summed E-state index contributed by atoms with van der Waals surface area (Å²) in [7, 11) is -1.71. The fourth-order valence-electron chi connectivity index (χ4n) is 1.89. The molecule has 1 aromatic rings. The van der Waals surface area contributed by atoms with Gasteiger partial charge in [-0.05, 0) is 23.0 Å². The molecule has 0 atom stereocenters. The van der Waals surface area contributed by atoms with Crippen LogP contribution < -0.4 is 10.5 Å². The van der Waals surface area contributed by atoms with Crippen molar-refractivity contribution in [2.75, 3.05) is 20.3 Å². The van der Waals surface area contributed by atoms with Gasteiger partial charge in [0.25, 0.3) is 0 Å². The molecular weight excluding hydrogens is 288 g/mol. The van der Waals surface area contributed by atoms with E-state index in [4.69, 9.17) is 10.5 Å².